The van der Waals surface area contributed by atoms with Crippen molar-refractivity contribution in [1.82, 2.24) is 0 Å². The van der Waals surface area contributed by atoms with Crippen LogP contribution in [0, 0.1) is 0 Å². The third-order valence-corrected chi connectivity index (χ3v) is 4.62. The molecule has 0 atom stereocenters. The van der Waals surface area contributed by atoms with Crippen molar-refractivity contribution in [3.63, 3.8) is 0 Å². The van der Waals surface area contributed by atoms with E-state index in [0.29, 0.717) is 0 Å². The summed E-state index contributed by atoms with van der Waals surface area (Å²) < 4.78 is 7.31. The summed E-state index contributed by atoms with van der Waals surface area (Å²) >= 11 is 7.62. The highest BCUT2D eigenvalue weighted by atomic mass is 79.9. The van der Waals surface area contributed by atoms with Gasteiger partial charge < -0.3 is 21.7 Å². The molecule has 0 unspecified atom stereocenters. The molecule has 0 aliphatic carbocycles. The number of hydrogen-bond acceptors (Lipinski definition) is 3. The smallest absolute Gasteiger partial charge is 0.339 e. The first-order valence-electron chi connectivity index (χ1n) is 6.82. The van der Waals surface area contributed by atoms with Crippen LogP contribution in [0.15, 0.2) is 53.9 Å². The fraction of sp³-hybridized carbons (Fsp3) is 0.118. The lowest BCUT2D eigenvalue weighted by Gasteiger charge is -2.02. The lowest BCUT2D eigenvalue weighted by molar-refractivity contribution is -0.641. The molecule has 0 aliphatic rings. The van der Waals surface area contributed by atoms with Crippen LogP contribution in [0.2, 0.25) is 5.02 Å². The van der Waals surface area contributed by atoms with E-state index in [1.807, 2.05) is 55.6 Å². The fourth-order valence-corrected chi connectivity index (χ4v) is 3.25. The van der Waals surface area contributed by atoms with Crippen molar-refractivity contribution in [1.29, 1.82) is 0 Å². The molecule has 0 fully saturated rings. The maximum atomic E-state index is 5.95. The number of hydrogen-bond donors (Lipinski definition) is 1. The summed E-state index contributed by atoms with van der Waals surface area (Å²) in [7, 11) is 3.71. The van der Waals surface area contributed by atoms with Crippen molar-refractivity contribution in [3.05, 3.63) is 58.9 Å². The molecule has 1 heterocycles. The third kappa shape index (κ3) is 4.05. The normalized spacial score (nSPS) is 10.0. The van der Waals surface area contributed by atoms with Crippen molar-refractivity contribution in [3.8, 4) is 17.0 Å². The van der Waals surface area contributed by atoms with Crippen LogP contribution in [0.3, 0.4) is 0 Å². The van der Waals surface area contributed by atoms with E-state index in [-0.39, 0.29) is 17.0 Å². The van der Waals surface area contributed by atoms with Crippen molar-refractivity contribution in [2.45, 2.75) is 0 Å². The molecule has 0 aliphatic heterocycles. The second-order valence-electron chi connectivity index (χ2n) is 4.85. The summed E-state index contributed by atoms with van der Waals surface area (Å²) in [6, 6.07) is 15.8. The van der Waals surface area contributed by atoms with Crippen LogP contribution in [0.4, 0.5) is 10.8 Å². The van der Waals surface area contributed by atoms with Gasteiger partial charge in [0.15, 0.2) is 0 Å². The van der Waals surface area contributed by atoms with Gasteiger partial charge in [-0.3, -0.25) is 0 Å². The first-order valence-corrected chi connectivity index (χ1v) is 8.07. The number of anilines is 2. The second kappa shape index (κ2) is 7.81. The van der Waals surface area contributed by atoms with Gasteiger partial charge in [0.25, 0.3) is 0 Å². The van der Waals surface area contributed by atoms with Crippen LogP contribution in [-0.2, 0) is 7.05 Å². The van der Waals surface area contributed by atoms with Crippen LogP contribution >= 0.6 is 22.9 Å². The van der Waals surface area contributed by atoms with Gasteiger partial charge in [0.1, 0.15) is 17.1 Å². The topological polar surface area (TPSA) is 25.1 Å². The summed E-state index contributed by atoms with van der Waals surface area (Å²) in [5.41, 5.74) is 3.32. The van der Waals surface area contributed by atoms with Crippen LogP contribution in [0.1, 0.15) is 0 Å². The molecule has 3 aromatic rings. The summed E-state index contributed by atoms with van der Waals surface area (Å²) in [6.07, 6.45) is 0. The van der Waals surface area contributed by atoms with E-state index >= 15 is 0 Å². The average molecular weight is 412 g/mol. The largest absolute Gasteiger partial charge is 1.00 e. The molecule has 120 valence electrons. The molecule has 0 saturated carbocycles. The van der Waals surface area contributed by atoms with E-state index in [1.165, 1.54) is 0 Å². The zero-order chi connectivity index (χ0) is 15.5. The Balaban J connectivity index is 0.00000192. The van der Waals surface area contributed by atoms with Gasteiger partial charge in [-0.2, -0.15) is 0 Å². The minimum absolute atomic E-state index is 0. The molecule has 6 heteroatoms. The van der Waals surface area contributed by atoms with Gasteiger partial charge in [-0.25, -0.2) is 9.88 Å². The van der Waals surface area contributed by atoms with Crippen LogP contribution < -0.4 is 31.6 Å². The van der Waals surface area contributed by atoms with Gasteiger partial charge in [0.05, 0.1) is 14.2 Å². The number of halogens is 2. The summed E-state index contributed by atoms with van der Waals surface area (Å²) in [5, 5.41) is 7.37. The number of thiazole rings is 1. The Morgan fingerprint density at radius 1 is 1.04 bits per heavy atom. The van der Waals surface area contributed by atoms with Crippen molar-refractivity contribution >= 4 is 33.8 Å². The number of ether oxygens (including phenoxy) is 1. The second-order valence-corrected chi connectivity index (χ2v) is 6.14. The van der Waals surface area contributed by atoms with Crippen LogP contribution in [0.5, 0.6) is 5.75 Å². The number of rotatable bonds is 4. The lowest BCUT2D eigenvalue weighted by atomic mass is 10.2. The minimum Gasteiger partial charge on any atom is -1.00 e. The molecule has 23 heavy (non-hydrogen) atoms. The summed E-state index contributed by atoms with van der Waals surface area (Å²) in [5.74, 6) is 0.850. The van der Waals surface area contributed by atoms with E-state index in [9.17, 15) is 0 Å². The van der Waals surface area contributed by atoms with E-state index in [4.69, 9.17) is 16.3 Å². The highest BCUT2D eigenvalue weighted by Crippen LogP contribution is 2.26. The predicted molar refractivity (Wildman–Crippen MR) is 92.2 cm³/mol. The van der Waals surface area contributed by atoms with Gasteiger partial charge in [0, 0.05) is 16.0 Å². The molecule has 1 N–H and O–H groups in total. The summed E-state index contributed by atoms with van der Waals surface area (Å²) in [4.78, 5) is 0. The first kappa shape index (κ1) is 17.8. The molecule has 0 bridgehead atoms. The zero-order valence-corrected chi connectivity index (χ0v) is 15.9. The number of nitrogens with zero attached hydrogens (tertiary/aromatic N) is 1. The Hall–Kier alpha value is -1.56. The third-order valence-electron chi connectivity index (χ3n) is 3.43. The Morgan fingerprint density at radius 2 is 1.70 bits per heavy atom. The van der Waals surface area contributed by atoms with E-state index < -0.39 is 0 Å². The molecule has 2 aromatic carbocycles. The average Bonchev–Trinajstić information content (AvgIpc) is 2.90. The number of aromatic nitrogens is 1. The molecular formula is C17H16BrClN2OS. The molecule has 1 aromatic heterocycles. The highest BCUT2D eigenvalue weighted by Gasteiger charge is 2.16. The molecule has 0 radical (unpaired) electrons. The molecule has 0 amide bonds. The van der Waals surface area contributed by atoms with E-state index in [0.717, 1.165) is 32.8 Å². The molecule has 0 spiro atoms. The Morgan fingerprint density at radius 3 is 2.30 bits per heavy atom. The Labute approximate surface area is 155 Å². The van der Waals surface area contributed by atoms with E-state index in [1.54, 1.807) is 18.4 Å². The Kier molecular flexibility index (Phi) is 6.04. The van der Waals surface area contributed by atoms with Crippen LogP contribution in [0.25, 0.3) is 11.3 Å². The molecular weight excluding hydrogens is 396 g/mol. The van der Waals surface area contributed by atoms with Crippen molar-refractivity contribution in [2.75, 3.05) is 12.4 Å². The van der Waals surface area contributed by atoms with Crippen LogP contribution in [-0.4, -0.2) is 7.11 Å². The number of benzene rings is 2. The molecule has 3 rings (SSSR count). The van der Waals surface area contributed by atoms with Gasteiger partial charge in [-0.15, -0.1) is 0 Å². The highest BCUT2D eigenvalue weighted by molar-refractivity contribution is 7.13. The fourth-order valence-electron chi connectivity index (χ4n) is 2.17. The standard InChI is InChI=1S/C17H15ClN2OS.BrH/c1-20-16(12-3-5-13(18)6-4-12)11-22-17(20)19-14-7-9-15(21-2)10-8-14;/h3-11H,1-2H3;1H. The summed E-state index contributed by atoms with van der Waals surface area (Å²) in [6.45, 7) is 0. The number of nitrogens with one attached hydrogen (secondary N) is 1. The molecule has 0 saturated heterocycles. The first-order chi connectivity index (χ1) is 10.7. The predicted octanol–water partition coefficient (Wildman–Crippen LogP) is 1.65. The monoisotopic (exact) mass is 410 g/mol. The van der Waals surface area contributed by atoms with Gasteiger partial charge in [0.2, 0.25) is 0 Å². The van der Waals surface area contributed by atoms with Gasteiger partial charge >= 0.3 is 5.13 Å². The van der Waals surface area contributed by atoms with Gasteiger partial charge in [-0.1, -0.05) is 22.9 Å². The maximum Gasteiger partial charge on any atom is 0.339 e. The SMILES string of the molecule is COc1ccc(Nc2scc(-c3ccc(Cl)cc3)[n+]2C)cc1.[Br-]. The molecule has 3 nitrogen and oxygen atoms in total. The minimum atomic E-state index is 0. The van der Waals surface area contributed by atoms with Crippen molar-refractivity contribution in [2.24, 2.45) is 7.05 Å². The van der Waals surface area contributed by atoms with E-state index in [2.05, 4.69) is 15.3 Å². The quantitative estimate of drug-likeness (QED) is 0.661. The van der Waals surface area contributed by atoms with Gasteiger partial charge in [-0.05, 0) is 48.5 Å². The lowest BCUT2D eigenvalue weighted by Crippen LogP contribution is -3.00. The Bertz CT molecular complexity index is 772. The zero-order valence-electron chi connectivity index (χ0n) is 12.7. The maximum absolute atomic E-state index is 5.95. The van der Waals surface area contributed by atoms with Crippen molar-refractivity contribution < 1.29 is 26.3 Å². The number of methoxy groups -OCH3 is 1.